The van der Waals surface area contributed by atoms with Crippen molar-refractivity contribution in [1.29, 1.82) is 0 Å². The Bertz CT molecular complexity index is 215. The fourth-order valence-electron chi connectivity index (χ4n) is 1.93. The number of carbonyl (C=O) groups is 1. The van der Waals surface area contributed by atoms with E-state index in [0.29, 0.717) is 5.92 Å². The summed E-state index contributed by atoms with van der Waals surface area (Å²) in [6.45, 7) is 8.53. The van der Waals surface area contributed by atoms with E-state index >= 15 is 0 Å². The van der Waals surface area contributed by atoms with Crippen LogP contribution in [0.1, 0.15) is 59.8 Å². The minimum atomic E-state index is -0.0749. The summed E-state index contributed by atoms with van der Waals surface area (Å²) >= 11 is 0. The number of amides is 1. The number of hydrogen-bond acceptors (Lipinski definition) is 1. The molecule has 0 aromatic heterocycles. The number of carbonyl (C=O) groups excluding carboxylic acids is 1. The van der Waals surface area contributed by atoms with Gasteiger partial charge in [-0.05, 0) is 32.6 Å². The van der Waals surface area contributed by atoms with Crippen LogP contribution < -0.4 is 5.32 Å². The van der Waals surface area contributed by atoms with Gasteiger partial charge in [0, 0.05) is 11.5 Å². The van der Waals surface area contributed by atoms with Gasteiger partial charge < -0.3 is 5.32 Å². The summed E-state index contributed by atoms with van der Waals surface area (Å²) in [4.78, 5) is 12.0. The van der Waals surface area contributed by atoms with Crippen molar-refractivity contribution in [2.75, 3.05) is 0 Å². The summed E-state index contributed by atoms with van der Waals surface area (Å²) in [6, 6.07) is 0. The van der Waals surface area contributed by atoms with Crippen LogP contribution in [0.4, 0.5) is 0 Å². The molecule has 1 fully saturated rings. The van der Waals surface area contributed by atoms with Crippen LogP contribution in [-0.2, 0) is 4.79 Å². The Morgan fingerprint density at radius 2 is 1.73 bits per heavy atom. The Morgan fingerprint density at radius 3 is 2.20 bits per heavy atom. The van der Waals surface area contributed by atoms with E-state index in [4.69, 9.17) is 0 Å². The molecule has 15 heavy (non-hydrogen) atoms. The standard InChI is InChI=1S/C13H25NO/c1-10(2)13(3,4)14-12(15)11-8-6-5-7-9-11/h10-11H,5-9H2,1-4H3,(H,14,15). The molecular formula is C13H25NO. The van der Waals surface area contributed by atoms with Gasteiger partial charge in [-0.25, -0.2) is 0 Å². The first-order chi connectivity index (χ1) is 6.93. The van der Waals surface area contributed by atoms with E-state index in [1.165, 1.54) is 19.3 Å². The summed E-state index contributed by atoms with van der Waals surface area (Å²) in [5.74, 6) is 1.02. The van der Waals surface area contributed by atoms with E-state index < -0.39 is 0 Å². The third-order valence-electron chi connectivity index (χ3n) is 3.86. The molecule has 0 atom stereocenters. The van der Waals surface area contributed by atoms with E-state index in [2.05, 4.69) is 33.0 Å². The highest BCUT2D eigenvalue weighted by molar-refractivity contribution is 5.79. The fourth-order valence-corrected chi connectivity index (χ4v) is 1.93. The summed E-state index contributed by atoms with van der Waals surface area (Å²) in [5, 5.41) is 3.19. The molecule has 1 N–H and O–H groups in total. The van der Waals surface area contributed by atoms with Crippen LogP contribution in [0.3, 0.4) is 0 Å². The smallest absolute Gasteiger partial charge is 0.223 e. The quantitative estimate of drug-likeness (QED) is 0.763. The third kappa shape index (κ3) is 3.51. The summed E-state index contributed by atoms with van der Waals surface area (Å²) in [5.41, 5.74) is -0.0749. The van der Waals surface area contributed by atoms with Crippen molar-refractivity contribution in [3.63, 3.8) is 0 Å². The Kier molecular flexibility index (Phi) is 4.18. The zero-order valence-corrected chi connectivity index (χ0v) is 10.6. The molecule has 0 aromatic rings. The van der Waals surface area contributed by atoms with Gasteiger partial charge in [0.25, 0.3) is 0 Å². The minimum absolute atomic E-state index is 0.0749. The first-order valence-electron chi connectivity index (χ1n) is 6.25. The lowest BCUT2D eigenvalue weighted by Gasteiger charge is -2.33. The second kappa shape index (κ2) is 5.00. The lowest BCUT2D eigenvalue weighted by molar-refractivity contribution is -0.128. The maximum absolute atomic E-state index is 12.0. The molecule has 2 nitrogen and oxygen atoms in total. The van der Waals surface area contributed by atoms with E-state index in [0.717, 1.165) is 12.8 Å². The number of hydrogen-bond donors (Lipinski definition) is 1. The lowest BCUT2D eigenvalue weighted by atomic mass is 9.86. The Hall–Kier alpha value is -0.530. The lowest BCUT2D eigenvalue weighted by Crippen LogP contribution is -2.49. The molecule has 1 amide bonds. The molecule has 0 heterocycles. The van der Waals surface area contributed by atoms with Crippen molar-refractivity contribution in [2.24, 2.45) is 11.8 Å². The van der Waals surface area contributed by atoms with Crippen molar-refractivity contribution >= 4 is 5.91 Å². The second-order valence-electron chi connectivity index (χ2n) is 5.70. The fraction of sp³-hybridized carbons (Fsp3) is 0.923. The van der Waals surface area contributed by atoms with E-state index in [1.54, 1.807) is 0 Å². The van der Waals surface area contributed by atoms with Gasteiger partial charge in [-0.2, -0.15) is 0 Å². The average molecular weight is 211 g/mol. The molecule has 2 heteroatoms. The van der Waals surface area contributed by atoms with Gasteiger partial charge in [0.2, 0.25) is 5.91 Å². The average Bonchev–Trinajstić information content (AvgIpc) is 2.18. The molecule has 0 aromatic carbocycles. The zero-order valence-electron chi connectivity index (χ0n) is 10.6. The van der Waals surface area contributed by atoms with Crippen LogP contribution in [0.2, 0.25) is 0 Å². The second-order valence-corrected chi connectivity index (χ2v) is 5.70. The molecule has 88 valence electrons. The molecule has 0 unspecified atom stereocenters. The highest BCUT2D eigenvalue weighted by Gasteiger charge is 2.28. The monoisotopic (exact) mass is 211 g/mol. The van der Waals surface area contributed by atoms with Gasteiger partial charge >= 0.3 is 0 Å². The molecule has 1 saturated carbocycles. The van der Waals surface area contributed by atoms with Gasteiger partial charge in [0.1, 0.15) is 0 Å². The van der Waals surface area contributed by atoms with Crippen molar-refractivity contribution in [3.05, 3.63) is 0 Å². The predicted molar refractivity (Wildman–Crippen MR) is 63.6 cm³/mol. The van der Waals surface area contributed by atoms with E-state index in [-0.39, 0.29) is 17.4 Å². The first kappa shape index (κ1) is 12.5. The Labute approximate surface area is 93.8 Å². The minimum Gasteiger partial charge on any atom is -0.351 e. The summed E-state index contributed by atoms with van der Waals surface area (Å²) in [7, 11) is 0. The maximum Gasteiger partial charge on any atom is 0.223 e. The Morgan fingerprint density at radius 1 is 1.20 bits per heavy atom. The summed E-state index contributed by atoms with van der Waals surface area (Å²) < 4.78 is 0. The number of nitrogens with one attached hydrogen (secondary N) is 1. The summed E-state index contributed by atoms with van der Waals surface area (Å²) in [6.07, 6.45) is 5.91. The maximum atomic E-state index is 12.0. The zero-order chi connectivity index (χ0) is 11.5. The van der Waals surface area contributed by atoms with Crippen molar-refractivity contribution in [2.45, 2.75) is 65.3 Å². The molecule has 0 aliphatic heterocycles. The highest BCUT2D eigenvalue weighted by Crippen LogP contribution is 2.25. The molecular weight excluding hydrogens is 186 g/mol. The Balaban J connectivity index is 2.47. The molecule has 1 rings (SSSR count). The van der Waals surface area contributed by atoms with Gasteiger partial charge in [-0.1, -0.05) is 33.1 Å². The van der Waals surface area contributed by atoms with Gasteiger partial charge in [0.05, 0.1) is 0 Å². The van der Waals surface area contributed by atoms with Gasteiger partial charge in [-0.15, -0.1) is 0 Å². The molecule has 1 aliphatic rings. The van der Waals surface area contributed by atoms with Crippen molar-refractivity contribution in [3.8, 4) is 0 Å². The van der Waals surface area contributed by atoms with Gasteiger partial charge in [0.15, 0.2) is 0 Å². The predicted octanol–water partition coefficient (Wildman–Crippen LogP) is 3.12. The van der Waals surface area contributed by atoms with E-state index in [1.807, 2.05) is 0 Å². The van der Waals surface area contributed by atoms with Crippen LogP contribution in [0, 0.1) is 11.8 Å². The van der Waals surface area contributed by atoms with Crippen molar-refractivity contribution in [1.82, 2.24) is 5.32 Å². The third-order valence-corrected chi connectivity index (χ3v) is 3.86. The van der Waals surface area contributed by atoms with E-state index in [9.17, 15) is 4.79 Å². The van der Waals surface area contributed by atoms with Gasteiger partial charge in [-0.3, -0.25) is 4.79 Å². The van der Waals surface area contributed by atoms with Crippen LogP contribution in [0.15, 0.2) is 0 Å². The highest BCUT2D eigenvalue weighted by atomic mass is 16.2. The molecule has 0 radical (unpaired) electrons. The molecule has 0 spiro atoms. The largest absolute Gasteiger partial charge is 0.351 e. The normalized spacial score (nSPS) is 19.3. The molecule has 0 saturated heterocycles. The molecule has 0 bridgehead atoms. The molecule has 1 aliphatic carbocycles. The van der Waals surface area contributed by atoms with Crippen molar-refractivity contribution < 1.29 is 4.79 Å². The van der Waals surface area contributed by atoms with Crippen LogP contribution in [-0.4, -0.2) is 11.4 Å². The topological polar surface area (TPSA) is 29.1 Å². The SMILES string of the molecule is CC(C)C(C)(C)NC(=O)C1CCCCC1. The van der Waals surface area contributed by atoms with Crippen LogP contribution >= 0.6 is 0 Å². The van der Waals surface area contributed by atoms with Crippen LogP contribution in [0.25, 0.3) is 0 Å². The first-order valence-corrected chi connectivity index (χ1v) is 6.25. The van der Waals surface area contributed by atoms with Crippen LogP contribution in [0.5, 0.6) is 0 Å². The number of rotatable bonds is 3.